The van der Waals surface area contributed by atoms with E-state index in [1.165, 1.54) is 7.11 Å². The van der Waals surface area contributed by atoms with Gasteiger partial charge in [0.25, 0.3) is 6.01 Å². The molecular formula is C28H30N2O6. The van der Waals surface area contributed by atoms with E-state index < -0.39 is 12.1 Å². The number of likely N-dealkylation sites (N-methyl/N-ethyl adjacent to an activating group) is 1. The van der Waals surface area contributed by atoms with E-state index in [1.807, 2.05) is 90.8 Å². The van der Waals surface area contributed by atoms with E-state index in [0.717, 1.165) is 28.2 Å². The number of fused-ring (bicyclic) bond motifs is 1. The highest BCUT2D eigenvalue weighted by Gasteiger charge is 2.20. The maximum Gasteiger partial charge on any atom is 0.335 e. The van der Waals surface area contributed by atoms with Gasteiger partial charge < -0.3 is 28.3 Å². The van der Waals surface area contributed by atoms with Gasteiger partial charge in [0, 0.05) is 13.5 Å². The lowest BCUT2D eigenvalue weighted by Gasteiger charge is -2.17. The Morgan fingerprint density at radius 3 is 2.33 bits per heavy atom. The summed E-state index contributed by atoms with van der Waals surface area (Å²) in [5.41, 5.74) is 2.52. The van der Waals surface area contributed by atoms with Gasteiger partial charge in [-0.3, -0.25) is 0 Å². The number of ether oxygens (including phenoxy) is 4. The smallest absolute Gasteiger partial charge is 0.335 e. The van der Waals surface area contributed by atoms with Crippen molar-refractivity contribution in [2.24, 2.45) is 0 Å². The van der Waals surface area contributed by atoms with E-state index in [4.69, 9.17) is 23.4 Å². The molecule has 0 fully saturated rings. The van der Waals surface area contributed by atoms with Crippen LogP contribution in [0, 0.1) is 0 Å². The Morgan fingerprint density at radius 1 is 0.889 bits per heavy atom. The van der Waals surface area contributed by atoms with Gasteiger partial charge in [0.1, 0.15) is 30.2 Å². The summed E-state index contributed by atoms with van der Waals surface area (Å²) in [5.74, 6) is 1.07. The Hall–Kier alpha value is -4.04. The van der Waals surface area contributed by atoms with Gasteiger partial charge in [-0.25, -0.2) is 4.79 Å². The van der Waals surface area contributed by atoms with Crippen molar-refractivity contribution in [1.82, 2.24) is 4.98 Å². The van der Waals surface area contributed by atoms with Crippen LogP contribution in [0.2, 0.25) is 0 Å². The molecule has 4 aromatic rings. The fraction of sp³-hybridized carbons (Fsp3) is 0.286. The maximum absolute atomic E-state index is 12.2. The Morgan fingerprint density at radius 2 is 1.58 bits per heavy atom. The van der Waals surface area contributed by atoms with E-state index in [-0.39, 0.29) is 6.61 Å². The summed E-state index contributed by atoms with van der Waals surface area (Å²) < 4.78 is 27.9. The van der Waals surface area contributed by atoms with E-state index in [2.05, 4.69) is 4.98 Å². The van der Waals surface area contributed by atoms with Gasteiger partial charge in [0.15, 0.2) is 11.7 Å². The zero-order valence-electron chi connectivity index (χ0n) is 20.5. The number of hydrogen-bond donors (Lipinski definition) is 0. The van der Waals surface area contributed by atoms with Gasteiger partial charge >= 0.3 is 5.97 Å². The van der Waals surface area contributed by atoms with Gasteiger partial charge in [0.05, 0.1) is 20.3 Å². The third-order valence-corrected chi connectivity index (χ3v) is 5.53. The average molecular weight is 491 g/mol. The largest absolute Gasteiger partial charge is 0.492 e. The first kappa shape index (κ1) is 25.1. The number of anilines is 1. The molecule has 0 radical (unpaired) electrons. The van der Waals surface area contributed by atoms with Gasteiger partial charge in [-0.1, -0.05) is 42.5 Å². The molecule has 0 aliphatic rings. The number of aromatic nitrogens is 1. The van der Waals surface area contributed by atoms with Crippen LogP contribution in [0.4, 0.5) is 6.01 Å². The Labute approximate surface area is 210 Å². The van der Waals surface area contributed by atoms with Crippen LogP contribution in [-0.4, -0.2) is 57.6 Å². The summed E-state index contributed by atoms with van der Waals surface area (Å²) >= 11 is 0. The van der Waals surface area contributed by atoms with Crippen LogP contribution in [0.25, 0.3) is 11.1 Å². The first-order valence-electron chi connectivity index (χ1n) is 11.8. The topological polar surface area (TPSA) is 83.3 Å². The lowest BCUT2D eigenvalue weighted by Crippen LogP contribution is -2.29. The quantitative estimate of drug-likeness (QED) is 0.200. The molecule has 8 nitrogen and oxygen atoms in total. The molecule has 0 saturated heterocycles. The summed E-state index contributed by atoms with van der Waals surface area (Å²) in [5, 5.41) is 0. The minimum atomic E-state index is -0.717. The van der Waals surface area contributed by atoms with Crippen LogP contribution < -0.4 is 14.4 Å². The molecule has 0 saturated carbocycles. The number of oxazole rings is 1. The number of benzene rings is 3. The average Bonchev–Trinajstić information content (AvgIpc) is 3.36. The fourth-order valence-electron chi connectivity index (χ4n) is 3.56. The Bertz CT molecular complexity index is 1190. The molecular weight excluding hydrogens is 460 g/mol. The van der Waals surface area contributed by atoms with Crippen molar-refractivity contribution in [3.05, 3.63) is 84.4 Å². The molecule has 0 amide bonds. The number of carbonyl (C=O) groups is 1. The van der Waals surface area contributed by atoms with Crippen LogP contribution in [-0.2, 0) is 20.7 Å². The molecule has 3 aromatic carbocycles. The molecule has 0 bridgehead atoms. The maximum atomic E-state index is 12.2. The summed E-state index contributed by atoms with van der Waals surface area (Å²) in [7, 11) is 3.27. The molecule has 36 heavy (non-hydrogen) atoms. The number of rotatable bonds is 13. The van der Waals surface area contributed by atoms with Crippen LogP contribution in [0.3, 0.4) is 0 Å². The molecule has 0 N–H and O–H groups in total. The summed E-state index contributed by atoms with van der Waals surface area (Å²) in [6.07, 6.45) is -0.329. The van der Waals surface area contributed by atoms with E-state index in [9.17, 15) is 4.79 Å². The van der Waals surface area contributed by atoms with Crippen LogP contribution >= 0.6 is 0 Å². The first-order chi connectivity index (χ1) is 17.6. The van der Waals surface area contributed by atoms with E-state index in [0.29, 0.717) is 32.2 Å². The number of para-hydroxylation sites is 3. The van der Waals surface area contributed by atoms with Gasteiger partial charge in [0.2, 0.25) is 0 Å². The normalized spacial score (nSPS) is 11.7. The van der Waals surface area contributed by atoms with E-state index >= 15 is 0 Å². The van der Waals surface area contributed by atoms with Crippen LogP contribution in [0.5, 0.6) is 11.5 Å². The van der Waals surface area contributed by atoms with Crippen molar-refractivity contribution in [2.75, 3.05) is 45.4 Å². The Balaban J connectivity index is 1.22. The number of methoxy groups -OCH3 is 1. The minimum Gasteiger partial charge on any atom is -0.492 e. The molecule has 4 rings (SSSR count). The highest BCUT2D eigenvalue weighted by Crippen LogP contribution is 2.21. The van der Waals surface area contributed by atoms with Crippen molar-refractivity contribution in [1.29, 1.82) is 0 Å². The van der Waals surface area contributed by atoms with Crippen LogP contribution in [0.1, 0.15) is 5.56 Å². The van der Waals surface area contributed by atoms with E-state index in [1.54, 1.807) is 0 Å². The van der Waals surface area contributed by atoms with Gasteiger partial charge in [-0.2, -0.15) is 4.98 Å². The molecule has 1 atom stereocenters. The molecule has 1 heterocycles. The van der Waals surface area contributed by atoms with Crippen molar-refractivity contribution in [3.63, 3.8) is 0 Å². The number of esters is 1. The lowest BCUT2D eigenvalue weighted by molar-refractivity contribution is -0.154. The van der Waals surface area contributed by atoms with Crippen molar-refractivity contribution in [2.45, 2.75) is 12.5 Å². The zero-order chi connectivity index (χ0) is 25.2. The second kappa shape index (κ2) is 12.6. The molecule has 0 spiro atoms. The minimum absolute atomic E-state index is 0.267. The predicted octanol–water partition coefficient (Wildman–Crippen LogP) is 4.52. The zero-order valence-corrected chi connectivity index (χ0v) is 20.5. The fourth-order valence-corrected chi connectivity index (χ4v) is 3.56. The molecule has 1 unspecified atom stereocenters. The number of hydrogen-bond acceptors (Lipinski definition) is 8. The predicted molar refractivity (Wildman–Crippen MR) is 137 cm³/mol. The standard InChI is InChI=1S/C28H30N2O6/c1-30(28-29-24-10-6-7-11-25(24)36-28)16-17-33-23-14-12-21(13-15-23)20-26(27(31)32-2)35-19-18-34-22-8-4-3-5-9-22/h3-15,26H,16-20H2,1-2H3. The highest BCUT2D eigenvalue weighted by molar-refractivity contribution is 5.75. The third kappa shape index (κ3) is 6.99. The number of carbonyl (C=O) groups excluding carboxylic acids is 1. The molecule has 0 aliphatic carbocycles. The first-order valence-corrected chi connectivity index (χ1v) is 11.8. The highest BCUT2D eigenvalue weighted by atomic mass is 16.6. The molecule has 1 aromatic heterocycles. The molecule has 188 valence electrons. The van der Waals surface area contributed by atoms with Gasteiger partial charge in [-0.05, 0) is 42.0 Å². The van der Waals surface area contributed by atoms with Gasteiger partial charge in [-0.15, -0.1) is 0 Å². The summed E-state index contributed by atoms with van der Waals surface area (Å²) in [4.78, 5) is 18.6. The Kier molecular flexibility index (Phi) is 8.77. The van der Waals surface area contributed by atoms with Crippen molar-refractivity contribution in [3.8, 4) is 11.5 Å². The second-order valence-electron chi connectivity index (χ2n) is 8.13. The van der Waals surface area contributed by atoms with Crippen LogP contribution in [0.15, 0.2) is 83.3 Å². The SMILES string of the molecule is COC(=O)C(Cc1ccc(OCCN(C)c2nc3ccccc3o2)cc1)OCCOc1ccccc1. The van der Waals surface area contributed by atoms with Crippen molar-refractivity contribution >= 4 is 23.1 Å². The molecule has 8 heteroatoms. The second-order valence-corrected chi connectivity index (χ2v) is 8.13. The lowest BCUT2D eigenvalue weighted by atomic mass is 10.1. The summed E-state index contributed by atoms with van der Waals surface area (Å²) in [6.45, 7) is 1.67. The molecule has 0 aliphatic heterocycles. The van der Waals surface area contributed by atoms with Crippen molar-refractivity contribution < 1.29 is 28.2 Å². The monoisotopic (exact) mass is 490 g/mol. The summed E-state index contributed by atoms with van der Waals surface area (Å²) in [6, 6.07) is 25.3. The third-order valence-electron chi connectivity index (χ3n) is 5.53. The number of nitrogens with zero attached hydrogens (tertiary/aromatic N) is 2.